The smallest absolute Gasteiger partial charge is 0.243 e. The van der Waals surface area contributed by atoms with Crippen LogP contribution in [0.3, 0.4) is 0 Å². The Morgan fingerprint density at radius 2 is 1.89 bits per heavy atom. The molecular weight excluding hydrogens is 369 g/mol. The largest absolute Gasteiger partial charge is 0.339 e. The van der Waals surface area contributed by atoms with Crippen LogP contribution in [0.2, 0.25) is 0 Å². The lowest BCUT2D eigenvalue weighted by Crippen LogP contribution is -2.53. The number of rotatable bonds is 5. The number of halogens is 1. The van der Waals surface area contributed by atoms with E-state index < -0.39 is 15.8 Å². The van der Waals surface area contributed by atoms with E-state index in [-0.39, 0.29) is 23.9 Å². The maximum absolute atomic E-state index is 13.4. The van der Waals surface area contributed by atoms with Crippen molar-refractivity contribution in [2.75, 3.05) is 39.3 Å². The molecule has 1 aromatic carbocycles. The molecule has 0 aliphatic carbocycles. The number of piperidine rings is 1. The Labute approximate surface area is 161 Å². The molecule has 0 N–H and O–H groups in total. The van der Waals surface area contributed by atoms with Gasteiger partial charge in [-0.2, -0.15) is 4.31 Å². The number of piperazine rings is 1. The van der Waals surface area contributed by atoms with Crippen molar-refractivity contribution in [2.45, 2.75) is 43.5 Å². The third kappa shape index (κ3) is 4.67. The highest BCUT2D eigenvalue weighted by Crippen LogP contribution is 2.21. The van der Waals surface area contributed by atoms with E-state index in [9.17, 15) is 17.6 Å². The second-order valence-corrected chi connectivity index (χ2v) is 9.21. The summed E-state index contributed by atoms with van der Waals surface area (Å²) in [6, 6.07) is 5.52. The van der Waals surface area contributed by atoms with Gasteiger partial charge in [-0.15, -0.1) is 0 Å². The number of sulfonamides is 1. The predicted molar refractivity (Wildman–Crippen MR) is 101 cm³/mol. The monoisotopic (exact) mass is 397 g/mol. The van der Waals surface area contributed by atoms with E-state index in [0.29, 0.717) is 25.7 Å². The molecule has 150 valence electrons. The van der Waals surface area contributed by atoms with Crippen molar-refractivity contribution in [3.8, 4) is 0 Å². The highest BCUT2D eigenvalue weighted by Gasteiger charge is 2.31. The standard InChI is InChI=1S/C19H28FN3O3S/c1-2-17-7-3-4-9-22(17)15-19(24)21-10-12-23(13-11-21)27(25,26)18-8-5-6-16(20)14-18/h5-6,8,14,17H,2-4,7,9-13,15H2,1H3/t17-/m0/s1. The van der Waals surface area contributed by atoms with Crippen LogP contribution in [0.5, 0.6) is 0 Å². The van der Waals surface area contributed by atoms with Gasteiger partial charge in [-0.1, -0.05) is 19.4 Å². The quantitative estimate of drug-likeness (QED) is 0.762. The lowest BCUT2D eigenvalue weighted by atomic mass is 10.00. The van der Waals surface area contributed by atoms with Gasteiger partial charge in [-0.05, 0) is 44.0 Å². The van der Waals surface area contributed by atoms with Crippen LogP contribution in [0.4, 0.5) is 4.39 Å². The topological polar surface area (TPSA) is 60.9 Å². The van der Waals surface area contributed by atoms with Gasteiger partial charge in [0.1, 0.15) is 5.82 Å². The van der Waals surface area contributed by atoms with Gasteiger partial charge in [0.25, 0.3) is 0 Å². The Balaban J connectivity index is 1.57. The summed E-state index contributed by atoms with van der Waals surface area (Å²) in [6.07, 6.45) is 4.54. The second kappa shape index (κ2) is 8.67. The summed E-state index contributed by atoms with van der Waals surface area (Å²) in [5, 5.41) is 0. The van der Waals surface area contributed by atoms with Crippen LogP contribution >= 0.6 is 0 Å². The summed E-state index contributed by atoms with van der Waals surface area (Å²) in [5.74, 6) is -0.505. The van der Waals surface area contributed by atoms with Crippen molar-refractivity contribution >= 4 is 15.9 Å². The first kappa shape index (κ1) is 20.2. The van der Waals surface area contributed by atoms with E-state index in [1.165, 1.54) is 28.9 Å². The van der Waals surface area contributed by atoms with Gasteiger partial charge in [0.15, 0.2) is 0 Å². The highest BCUT2D eigenvalue weighted by molar-refractivity contribution is 7.89. The number of likely N-dealkylation sites (tertiary alicyclic amines) is 1. The molecule has 8 heteroatoms. The number of carbonyl (C=O) groups excluding carboxylic acids is 1. The minimum atomic E-state index is -3.73. The highest BCUT2D eigenvalue weighted by atomic mass is 32.2. The fraction of sp³-hybridized carbons (Fsp3) is 0.632. The molecule has 27 heavy (non-hydrogen) atoms. The van der Waals surface area contributed by atoms with Gasteiger partial charge in [0.05, 0.1) is 11.4 Å². The number of carbonyl (C=O) groups is 1. The Morgan fingerprint density at radius 1 is 1.15 bits per heavy atom. The van der Waals surface area contributed by atoms with Crippen molar-refractivity contribution < 1.29 is 17.6 Å². The van der Waals surface area contributed by atoms with Gasteiger partial charge >= 0.3 is 0 Å². The molecular formula is C19H28FN3O3S. The molecule has 2 fully saturated rings. The summed E-state index contributed by atoms with van der Waals surface area (Å²) in [7, 11) is -3.73. The van der Waals surface area contributed by atoms with E-state index in [0.717, 1.165) is 31.9 Å². The Kier molecular flexibility index (Phi) is 6.49. The van der Waals surface area contributed by atoms with Crippen molar-refractivity contribution in [3.05, 3.63) is 30.1 Å². The lowest BCUT2D eigenvalue weighted by Gasteiger charge is -2.38. The van der Waals surface area contributed by atoms with Gasteiger partial charge in [0.2, 0.25) is 15.9 Å². The fourth-order valence-corrected chi connectivity index (χ4v) is 5.41. The molecule has 2 aliphatic heterocycles. The molecule has 0 spiro atoms. The summed E-state index contributed by atoms with van der Waals surface area (Å²) < 4.78 is 40.0. The average molecular weight is 398 g/mol. The van der Waals surface area contributed by atoms with E-state index in [4.69, 9.17) is 0 Å². The fourth-order valence-electron chi connectivity index (χ4n) is 3.96. The van der Waals surface area contributed by atoms with Crippen LogP contribution in [0, 0.1) is 5.82 Å². The molecule has 0 aromatic heterocycles. The minimum absolute atomic E-state index is 0.0404. The average Bonchev–Trinajstić information content (AvgIpc) is 2.68. The Bertz CT molecular complexity index is 763. The Morgan fingerprint density at radius 3 is 2.56 bits per heavy atom. The Hall–Kier alpha value is -1.51. The molecule has 0 radical (unpaired) electrons. The van der Waals surface area contributed by atoms with E-state index in [1.807, 2.05) is 0 Å². The van der Waals surface area contributed by atoms with Gasteiger partial charge in [-0.3, -0.25) is 9.69 Å². The van der Waals surface area contributed by atoms with Gasteiger partial charge < -0.3 is 4.90 Å². The lowest BCUT2D eigenvalue weighted by molar-refractivity contribution is -0.134. The first-order valence-corrected chi connectivity index (χ1v) is 11.1. The molecule has 2 heterocycles. The van der Waals surface area contributed by atoms with Crippen molar-refractivity contribution in [1.29, 1.82) is 0 Å². The molecule has 1 atom stereocenters. The molecule has 0 saturated carbocycles. The normalized spacial score (nSPS) is 22.7. The second-order valence-electron chi connectivity index (χ2n) is 7.27. The van der Waals surface area contributed by atoms with E-state index >= 15 is 0 Å². The van der Waals surface area contributed by atoms with Crippen LogP contribution in [0.1, 0.15) is 32.6 Å². The zero-order valence-corrected chi connectivity index (χ0v) is 16.6. The number of hydrogen-bond donors (Lipinski definition) is 0. The van der Waals surface area contributed by atoms with Crippen LogP contribution in [-0.2, 0) is 14.8 Å². The molecule has 6 nitrogen and oxygen atoms in total. The summed E-state index contributed by atoms with van der Waals surface area (Å²) in [4.78, 5) is 16.6. The number of benzene rings is 1. The predicted octanol–water partition coefficient (Wildman–Crippen LogP) is 1.92. The molecule has 0 bridgehead atoms. The SMILES string of the molecule is CC[C@H]1CCCCN1CC(=O)N1CCN(S(=O)(=O)c2cccc(F)c2)CC1. The van der Waals surface area contributed by atoms with Gasteiger partial charge in [-0.25, -0.2) is 12.8 Å². The first-order valence-electron chi connectivity index (χ1n) is 9.69. The summed E-state index contributed by atoms with van der Waals surface area (Å²) in [5.41, 5.74) is 0. The van der Waals surface area contributed by atoms with Crippen molar-refractivity contribution in [1.82, 2.24) is 14.1 Å². The van der Waals surface area contributed by atoms with E-state index in [2.05, 4.69) is 11.8 Å². The molecule has 0 unspecified atom stereocenters. The third-order valence-corrected chi connectivity index (χ3v) is 7.48. The molecule has 2 saturated heterocycles. The van der Waals surface area contributed by atoms with Crippen LogP contribution in [0.25, 0.3) is 0 Å². The maximum atomic E-state index is 13.4. The van der Waals surface area contributed by atoms with Crippen molar-refractivity contribution in [3.63, 3.8) is 0 Å². The zero-order valence-electron chi connectivity index (χ0n) is 15.8. The molecule has 1 aromatic rings. The van der Waals surface area contributed by atoms with E-state index in [1.54, 1.807) is 4.90 Å². The zero-order chi connectivity index (χ0) is 19.4. The molecule has 2 aliphatic rings. The van der Waals surface area contributed by atoms with Crippen LogP contribution in [-0.4, -0.2) is 73.7 Å². The van der Waals surface area contributed by atoms with Crippen molar-refractivity contribution in [2.24, 2.45) is 0 Å². The number of hydrogen-bond acceptors (Lipinski definition) is 4. The number of nitrogens with zero attached hydrogens (tertiary/aromatic N) is 3. The van der Waals surface area contributed by atoms with Crippen LogP contribution in [0.15, 0.2) is 29.2 Å². The molecule has 1 amide bonds. The third-order valence-electron chi connectivity index (χ3n) is 5.58. The maximum Gasteiger partial charge on any atom is 0.243 e. The first-order chi connectivity index (χ1) is 12.9. The number of amides is 1. The minimum Gasteiger partial charge on any atom is -0.339 e. The van der Waals surface area contributed by atoms with Crippen LogP contribution < -0.4 is 0 Å². The summed E-state index contributed by atoms with van der Waals surface area (Å²) >= 11 is 0. The molecule has 3 rings (SSSR count). The van der Waals surface area contributed by atoms with Gasteiger partial charge in [0, 0.05) is 32.2 Å². The summed E-state index contributed by atoms with van der Waals surface area (Å²) in [6.45, 7) is 4.75.